The maximum Gasteiger partial charge on any atom is 0.244 e. The molecule has 2 aromatic rings. The molecule has 3 nitrogen and oxygen atoms in total. The third-order valence-electron chi connectivity index (χ3n) is 3.26. The molecule has 0 aliphatic carbocycles. The molecular formula is C18H19NO2S. The fraction of sp³-hybridized carbons (Fsp3) is 0.111. The standard InChI is InChI=1S/C18H19NO2S/c1-3-14-19(15-4-2)22(20,21)18-13-9-8-12-17(18)16-10-6-5-7-11-16/h3-13H,1-2,14-15H2. The van der Waals surface area contributed by atoms with E-state index in [1.165, 1.54) is 4.31 Å². The zero-order chi connectivity index (χ0) is 16.0. The Kier molecular flexibility index (Phi) is 5.31. The third-order valence-corrected chi connectivity index (χ3v) is 5.14. The highest BCUT2D eigenvalue weighted by molar-refractivity contribution is 7.89. The second-order valence-electron chi connectivity index (χ2n) is 4.76. The zero-order valence-electron chi connectivity index (χ0n) is 12.4. The van der Waals surface area contributed by atoms with Gasteiger partial charge in [0.25, 0.3) is 0 Å². The average molecular weight is 313 g/mol. The van der Waals surface area contributed by atoms with E-state index < -0.39 is 10.0 Å². The van der Waals surface area contributed by atoms with Crippen molar-refractivity contribution in [3.8, 4) is 11.1 Å². The molecule has 0 fully saturated rings. The number of benzene rings is 2. The molecule has 0 aromatic heterocycles. The predicted octanol–water partition coefficient (Wildman–Crippen LogP) is 3.72. The summed E-state index contributed by atoms with van der Waals surface area (Å²) in [4.78, 5) is 0.296. The van der Waals surface area contributed by atoms with Gasteiger partial charge >= 0.3 is 0 Å². The van der Waals surface area contributed by atoms with Crippen molar-refractivity contribution >= 4 is 10.0 Å². The van der Waals surface area contributed by atoms with Crippen LogP contribution in [-0.2, 0) is 10.0 Å². The first kappa shape index (κ1) is 16.2. The minimum atomic E-state index is -3.61. The lowest BCUT2D eigenvalue weighted by Crippen LogP contribution is -2.31. The van der Waals surface area contributed by atoms with Crippen molar-refractivity contribution in [2.24, 2.45) is 0 Å². The summed E-state index contributed by atoms with van der Waals surface area (Å²) in [6, 6.07) is 16.5. The van der Waals surface area contributed by atoms with Crippen LogP contribution >= 0.6 is 0 Å². The van der Waals surface area contributed by atoms with Crippen LogP contribution in [0.2, 0.25) is 0 Å². The summed E-state index contributed by atoms with van der Waals surface area (Å²) in [5.74, 6) is 0. The summed E-state index contributed by atoms with van der Waals surface area (Å²) in [5.41, 5.74) is 1.57. The number of hydrogen-bond acceptors (Lipinski definition) is 2. The van der Waals surface area contributed by atoms with Crippen molar-refractivity contribution in [3.05, 3.63) is 79.9 Å². The molecule has 114 valence electrons. The van der Waals surface area contributed by atoms with Gasteiger partial charge < -0.3 is 0 Å². The second-order valence-corrected chi connectivity index (χ2v) is 6.67. The first-order chi connectivity index (χ1) is 10.6. The van der Waals surface area contributed by atoms with Gasteiger partial charge in [-0.2, -0.15) is 4.31 Å². The van der Waals surface area contributed by atoms with Gasteiger partial charge in [0.1, 0.15) is 0 Å². The van der Waals surface area contributed by atoms with E-state index in [0.29, 0.717) is 10.5 Å². The molecule has 0 heterocycles. The Hall–Kier alpha value is -2.17. The Morgan fingerprint density at radius 1 is 0.864 bits per heavy atom. The van der Waals surface area contributed by atoms with Crippen molar-refractivity contribution in [1.29, 1.82) is 0 Å². The Morgan fingerprint density at radius 2 is 1.41 bits per heavy atom. The Morgan fingerprint density at radius 3 is 2.00 bits per heavy atom. The maximum atomic E-state index is 12.9. The number of nitrogens with zero attached hydrogens (tertiary/aromatic N) is 1. The molecule has 0 saturated heterocycles. The van der Waals surface area contributed by atoms with Crippen LogP contribution in [0.4, 0.5) is 0 Å². The van der Waals surface area contributed by atoms with E-state index in [2.05, 4.69) is 13.2 Å². The molecule has 0 unspecified atom stereocenters. The van der Waals surface area contributed by atoms with E-state index in [1.807, 2.05) is 42.5 Å². The Bertz CT molecular complexity index is 742. The number of sulfonamides is 1. The van der Waals surface area contributed by atoms with Crippen LogP contribution in [0.25, 0.3) is 11.1 Å². The quantitative estimate of drug-likeness (QED) is 0.731. The van der Waals surface area contributed by atoms with Gasteiger partial charge in [0.15, 0.2) is 0 Å². The van der Waals surface area contributed by atoms with Crippen molar-refractivity contribution in [1.82, 2.24) is 4.31 Å². The van der Waals surface area contributed by atoms with E-state index in [1.54, 1.807) is 24.3 Å². The van der Waals surface area contributed by atoms with Gasteiger partial charge in [-0.05, 0) is 11.6 Å². The van der Waals surface area contributed by atoms with Gasteiger partial charge in [0.05, 0.1) is 4.90 Å². The molecule has 0 saturated carbocycles. The Balaban J connectivity index is 2.56. The van der Waals surface area contributed by atoms with Crippen LogP contribution in [0.1, 0.15) is 0 Å². The van der Waals surface area contributed by atoms with E-state index in [4.69, 9.17) is 0 Å². The van der Waals surface area contributed by atoms with Crippen LogP contribution in [-0.4, -0.2) is 25.8 Å². The van der Waals surface area contributed by atoms with Crippen LogP contribution in [0.5, 0.6) is 0 Å². The van der Waals surface area contributed by atoms with Gasteiger partial charge in [-0.1, -0.05) is 60.7 Å². The highest BCUT2D eigenvalue weighted by atomic mass is 32.2. The summed E-state index contributed by atoms with van der Waals surface area (Å²) >= 11 is 0. The third kappa shape index (κ3) is 3.35. The molecule has 0 atom stereocenters. The summed E-state index contributed by atoms with van der Waals surface area (Å²) < 4.78 is 27.2. The van der Waals surface area contributed by atoms with Gasteiger partial charge in [0, 0.05) is 18.7 Å². The molecule has 2 rings (SSSR count). The summed E-state index contributed by atoms with van der Waals surface area (Å²) in [6.07, 6.45) is 3.15. The summed E-state index contributed by atoms with van der Waals surface area (Å²) in [7, 11) is -3.61. The fourth-order valence-corrected chi connectivity index (χ4v) is 3.84. The van der Waals surface area contributed by atoms with Gasteiger partial charge in [0.2, 0.25) is 10.0 Å². The van der Waals surface area contributed by atoms with Crippen LogP contribution < -0.4 is 0 Å². The van der Waals surface area contributed by atoms with E-state index in [-0.39, 0.29) is 13.1 Å². The SMILES string of the molecule is C=CCN(CC=C)S(=O)(=O)c1ccccc1-c1ccccc1. The fourth-order valence-electron chi connectivity index (χ4n) is 2.25. The van der Waals surface area contributed by atoms with Crippen LogP contribution in [0, 0.1) is 0 Å². The van der Waals surface area contributed by atoms with E-state index in [9.17, 15) is 8.42 Å². The summed E-state index contributed by atoms with van der Waals surface area (Å²) in [5, 5.41) is 0. The largest absolute Gasteiger partial charge is 0.244 e. The molecular weight excluding hydrogens is 294 g/mol. The molecule has 0 radical (unpaired) electrons. The molecule has 22 heavy (non-hydrogen) atoms. The minimum Gasteiger partial charge on any atom is -0.207 e. The maximum absolute atomic E-state index is 12.9. The lowest BCUT2D eigenvalue weighted by atomic mass is 10.1. The molecule has 0 bridgehead atoms. The molecule has 2 aromatic carbocycles. The van der Waals surface area contributed by atoms with Crippen LogP contribution in [0.3, 0.4) is 0 Å². The molecule has 0 aliphatic heterocycles. The normalized spacial score (nSPS) is 11.3. The van der Waals surface area contributed by atoms with Crippen molar-refractivity contribution in [2.45, 2.75) is 4.90 Å². The summed E-state index contributed by atoms with van der Waals surface area (Å²) in [6.45, 7) is 7.76. The molecule has 0 amide bonds. The second kappa shape index (κ2) is 7.20. The lowest BCUT2D eigenvalue weighted by Gasteiger charge is -2.21. The highest BCUT2D eigenvalue weighted by Gasteiger charge is 2.25. The highest BCUT2D eigenvalue weighted by Crippen LogP contribution is 2.29. The van der Waals surface area contributed by atoms with Gasteiger partial charge in [-0.3, -0.25) is 0 Å². The number of hydrogen-bond donors (Lipinski definition) is 0. The molecule has 0 aliphatic rings. The monoisotopic (exact) mass is 313 g/mol. The first-order valence-electron chi connectivity index (χ1n) is 6.97. The average Bonchev–Trinajstić information content (AvgIpc) is 2.55. The van der Waals surface area contributed by atoms with Crippen molar-refractivity contribution in [2.75, 3.05) is 13.1 Å². The van der Waals surface area contributed by atoms with Gasteiger partial charge in [-0.15, -0.1) is 13.2 Å². The zero-order valence-corrected chi connectivity index (χ0v) is 13.2. The lowest BCUT2D eigenvalue weighted by molar-refractivity contribution is 0.474. The van der Waals surface area contributed by atoms with Gasteiger partial charge in [-0.25, -0.2) is 8.42 Å². The minimum absolute atomic E-state index is 0.247. The Labute approximate surface area is 132 Å². The van der Waals surface area contributed by atoms with E-state index in [0.717, 1.165) is 5.56 Å². The molecule has 4 heteroatoms. The van der Waals surface area contributed by atoms with Crippen molar-refractivity contribution < 1.29 is 8.42 Å². The molecule has 0 spiro atoms. The van der Waals surface area contributed by atoms with E-state index >= 15 is 0 Å². The van der Waals surface area contributed by atoms with Crippen molar-refractivity contribution in [3.63, 3.8) is 0 Å². The number of rotatable bonds is 7. The predicted molar refractivity (Wildman–Crippen MR) is 91.0 cm³/mol. The molecule has 0 N–H and O–H groups in total. The smallest absolute Gasteiger partial charge is 0.207 e. The first-order valence-corrected chi connectivity index (χ1v) is 8.41. The van der Waals surface area contributed by atoms with Crippen LogP contribution in [0.15, 0.2) is 84.8 Å². The topological polar surface area (TPSA) is 37.4 Å².